The summed E-state index contributed by atoms with van der Waals surface area (Å²) in [7, 11) is 0. The van der Waals surface area contributed by atoms with Crippen molar-refractivity contribution in [2.75, 3.05) is 0 Å². The van der Waals surface area contributed by atoms with Crippen LogP contribution in [0.25, 0.3) is 22.4 Å². The van der Waals surface area contributed by atoms with E-state index in [-0.39, 0.29) is 11.1 Å². The second-order valence-electron chi connectivity index (χ2n) is 7.52. The summed E-state index contributed by atoms with van der Waals surface area (Å²) in [6.07, 6.45) is 4.26. The fourth-order valence-electron chi connectivity index (χ4n) is 3.91. The minimum Gasteiger partial charge on any atom is -0.266 e. The zero-order chi connectivity index (χ0) is 20.2. The number of nitrogens with zero attached hydrogens (tertiary/aromatic N) is 3. The van der Waals surface area contributed by atoms with Crippen LogP contribution in [-0.2, 0) is 0 Å². The van der Waals surface area contributed by atoms with Crippen LogP contribution in [0.4, 0.5) is 0 Å². The fourth-order valence-corrected chi connectivity index (χ4v) is 3.91. The van der Waals surface area contributed by atoms with E-state index in [0.29, 0.717) is 17.2 Å². The predicted octanol–water partition coefficient (Wildman–Crippen LogP) is 5.47. The standard InChI is InChI=1S/C25H23N3O/c1-18-10-8-9-15-23(18)27-28-24(20-13-6-3-7-14-20)16-21(22(17-26)25(28)29)19-11-4-2-5-12-19/h2-7,11-14,16,18H,8-10,15H2,1H3. The Kier molecular flexibility index (Phi) is 5.39. The van der Waals surface area contributed by atoms with Gasteiger partial charge in [-0.15, -0.1) is 0 Å². The molecule has 29 heavy (non-hydrogen) atoms. The Balaban J connectivity index is 2.01. The summed E-state index contributed by atoms with van der Waals surface area (Å²) in [4.78, 5) is 13.4. The van der Waals surface area contributed by atoms with E-state index < -0.39 is 0 Å². The molecule has 0 saturated heterocycles. The molecule has 0 radical (unpaired) electrons. The Labute approximate surface area is 170 Å². The van der Waals surface area contributed by atoms with Crippen molar-refractivity contribution in [3.8, 4) is 28.5 Å². The van der Waals surface area contributed by atoms with Gasteiger partial charge in [0, 0.05) is 16.8 Å². The highest BCUT2D eigenvalue weighted by atomic mass is 16.1. The number of benzene rings is 2. The zero-order valence-corrected chi connectivity index (χ0v) is 16.5. The number of pyridine rings is 1. The van der Waals surface area contributed by atoms with Gasteiger partial charge in [-0.3, -0.25) is 4.79 Å². The molecule has 1 saturated carbocycles. The minimum absolute atomic E-state index is 0.128. The van der Waals surface area contributed by atoms with Crippen molar-refractivity contribution in [1.82, 2.24) is 4.68 Å². The Morgan fingerprint density at radius 1 is 1.00 bits per heavy atom. The van der Waals surface area contributed by atoms with Crippen LogP contribution in [0.15, 0.2) is 76.6 Å². The zero-order valence-electron chi connectivity index (χ0n) is 16.5. The average Bonchev–Trinajstić information content (AvgIpc) is 2.77. The van der Waals surface area contributed by atoms with Gasteiger partial charge in [-0.1, -0.05) is 74.0 Å². The number of aromatic nitrogens is 1. The summed E-state index contributed by atoms with van der Waals surface area (Å²) in [6.45, 7) is 2.16. The van der Waals surface area contributed by atoms with Crippen LogP contribution in [-0.4, -0.2) is 10.4 Å². The molecule has 0 amide bonds. The summed E-state index contributed by atoms with van der Waals surface area (Å²) in [5, 5.41) is 14.6. The first-order chi connectivity index (χ1) is 14.2. The van der Waals surface area contributed by atoms with Gasteiger partial charge in [-0.2, -0.15) is 15.0 Å². The molecule has 4 rings (SSSR count). The van der Waals surface area contributed by atoms with Gasteiger partial charge in [-0.25, -0.2) is 0 Å². The molecule has 0 N–H and O–H groups in total. The van der Waals surface area contributed by atoms with Crippen LogP contribution >= 0.6 is 0 Å². The van der Waals surface area contributed by atoms with E-state index >= 15 is 0 Å². The first-order valence-electron chi connectivity index (χ1n) is 10.1. The number of hydrogen-bond acceptors (Lipinski definition) is 3. The predicted molar refractivity (Wildman–Crippen MR) is 117 cm³/mol. The lowest BCUT2D eigenvalue weighted by atomic mass is 9.89. The van der Waals surface area contributed by atoms with E-state index in [0.717, 1.165) is 36.1 Å². The molecule has 0 aliphatic heterocycles. The van der Waals surface area contributed by atoms with E-state index in [1.165, 1.54) is 11.1 Å². The normalized spacial score (nSPS) is 17.8. The molecular formula is C25H23N3O. The highest BCUT2D eigenvalue weighted by Gasteiger charge is 2.20. The van der Waals surface area contributed by atoms with E-state index in [1.807, 2.05) is 66.7 Å². The molecule has 0 spiro atoms. The van der Waals surface area contributed by atoms with Crippen LogP contribution in [0.5, 0.6) is 0 Å². The summed E-state index contributed by atoms with van der Waals surface area (Å²) in [6, 6.07) is 23.4. The highest BCUT2D eigenvalue weighted by Crippen LogP contribution is 2.28. The van der Waals surface area contributed by atoms with Crippen LogP contribution in [0.2, 0.25) is 0 Å². The third-order valence-electron chi connectivity index (χ3n) is 5.57. The Bertz CT molecular complexity index is 1140. The third kappa shape index (κ3) is 3.77. The highest BCUT2D eigenvalue weighted by molar-refractivity contribution is 5.87. The number of hydrogen-bond donors (Lipinski definition) is 0. The first-order valence-corrected chi connectivity index (χ1v) is 10.1. The van der Waals surface area contributed by atoms with Crippen molar-refractivity contribution >= 4 is 5.71 Å². The molecule has 4 heteroatoms. The summed E-state index contributed by atoms with van der Waals surface area (Å²) >= 11 is 0. The van der Waals surface area contributed by atoms with Crippen molar-refractivity contribution < 1.29 is 0 Å². The monoisotopic (exact) mass is 381 g/mol. The molecule has 1 atom stereocenters. The SMILES string of the molecule is CC1CCCCC1=Nn1c(-c2ccccc2)cc(-c2ccccc2)c(C#N)c1=O. The smallest absolute Gasteiger partial charge is 0.266 e. The molecule has 1 aliphatic carbocycles. The Hall–Kier alpha value is -3.45. The molecule has 3 aromatic rings. The van der Waals surface area contributed by atoms with Gasteiger partial charge >= 0.3 is 0 Å². The lowest BCUT2D eigenvalue weighted by Crippen LogP contribution is -2.26. The largest absolute Gasteiger partial charge is 0.290 e. The molecule has 144 valence electrons. The van der Waals surface area contributed by atoms with E-state index in [2.05, 4.69) is 13.0 Å². The van der Waals surface area contributed by atoms with Crippen molar-refractivity contribution in [1.29, 1.82) is 5.26 Å². The van der Waals surface area contributed by atoms with Crippen molar-refractivity contribution in [2.45, 2.75) is 32.6 Å². The van der Waals surface area contributed by atoms with Crippen LogP contribution in [0.1, 0.15) is 38.2 Å². The lowest BCUT2D eigenvalue weighted by Gasteiger charge is -2.21. The van der Waals surface area contributed by atoms with E-state index in [1.54, 1.807) is 0 Å². The van der Waals surface area contributed by atoms with Crippen LogP contribution in [0.3, 0.4) is 0 Å². The van der Waals surface area contributed by atoms with E-state index in [4.69, 9.17) is 5.10 Å². The van der Waals surface area contributed by atoms with E-state index in [9.17, 15) is 10.1 Å². The molecular weight excluding hydrogens is 358 g/mol. The second-order valence-corrected chi connectivity index (χ2v) is 7.52. The second kappa shape index (κ2) is 8.28. The summed E-state index contributed by atoms with van der Waals surface area (Å²) < 4.78 is 1.44. The first kappa shape index (κ1) is 18.9. The molecule has 1 aliphatic rings. The topological polar surface area (TPSA) is 58.1 Å². The summed E-state index contributed by atoms with van der Waals surface area (Å²) in [5.41, 5.74) is 3.90. The molecule has 0 bridgehead atoms. The van der Waals surface area contributed by atoms with Gasteiger partial charge in [0.25, 0.3) is 5.56 Å². The van der Waals surface area contributed by atoms with Gasteiger partial charge in [-0.05, 0) is 36.8 Å². The van der Waals surface area contributed by atoms with Gasteiger partial charge in [0.15, 0.2) is 0 Å². The molecule has 2 aromatic carbocycles. The van der Waals surface area contributed by atoms with Crippen LogP contribution in [0, 0.1) is 17.2 Å². The minimum atomic E-state index is -0.363. The molecule has 1 fully saturated rings. The van der Waals surface area contributed by atoms with Crippen LogP contribution < -0.4 is 5.56 Å². The number of rotatable bonds is 3. The van der Waals surface area contributed by atoms with Crippen molar-refractivity contribution in [3.05, 3.63) is 82.6 Å². The maximum absolute atomic E-state index is 13.4. The molecule has 1 heterocycles. The summed E-state index contributed by atoms with van der Waals surface area (Å²) in [5.74, 6) is 0.346. The van der Waals surface area contributed by atoms with Gasteiger partial charge in [0.1, 0.15) is 11.6 Å². The Morgan fingerprint density at radius 3 is 2.28 bits per heavy atom. The van der Waals surface area contributed by atoms with Gasteiger partial charge < -0.3 is 0 Å². The Morgan fingerprint density at radius 2 is 1.66 bits per heavy atom. The fraction of sp³-hybridized carbons (Fsp3) is 0.240. The number of nitriles is 1. The quantitative estimate of drug-likeness (QED) is 0.604. The van der Waals surface area contributed by atoms with Crippen molar-refractivity contribution in [2.24, 2.45) is 11.0 Å². The molecule has 1 aromatic heterocycles. The molecule has 1 unspecified atom stereocenters. The van der Waals surface area contributed by atoms with Crippen molar-refractivity contribution in [3.63, 3.8) is 0 Å². The van der Waals surface area contributed by atoms with Gasteiger partial charge in [0.05, 0.1) is 5.69 Å². The maximum atomic E-state index is 13.4. The molecule has 4 nitrogen and oxygen atoms in total. The van der Waals surface area contributed by atoms with Gasteiger partial charge in [0.2, 0.25) is 0 Å². The average molecular weight is 381 g/mol. The third-order valence-corrected chi connectivity index (χ3v) is 5.57. The maximum Gasteiger partial charge on any atom is 0.290 e. The lowest BCUT2D eigenvalue weighted by molar-refractivity contribution is 0.552.